The Morgan fingerprint density at radius 2 is 1.93 bits per heavy atom. The van der Waals surface area contributed by atoms with Gasteiger partial charge in [-0.15, -0.1) is 0 Å². The average Bonchev–Trinajstić information content (AvgIpc) is 2.26. The van der Waals surface area contributed by atoms with Gasteiger partial charge in [0.1, 0.15) is 5.82 Å². The largest absolute Gasteiger partial charge is 0.370 e. The van der Waals surface area contributed by atoms with Crippen LogP contribution in [-0.4, -0.2) is 18.1 Å². The average molecular weight is 207 g/mol. The number of aromatic nitrogens is 1. The molecule has 0 bridgehead atoms. The number of rotatable bonds is 6. The van der Waals surface area contributed by atoms with E-state index in [2.05, 4.69) is 48.5 Å². The van der Waals surface area contributed by atoms with Crippen molar-refractivity contribution in [1.29, 1.82) is 0 Å². The van der Waals surface area contributed by atoms with Crippen molar-refractivity contribution in [2.75, 3.05) is 18.4 Å². The normalized spacial score (nSPS) is 10.3. The first-order valence-corrected chi connectivity index (χ1v) is 5.74. The summed E-state index contributed by atoms with van der Waals surface area (Å²) in [6, 6.07) is 4.29. The summed E-state index contributed by atoms with van der Waals surface area (Å²) in [7, 11) is 0. The van der Waals surface area contributed by atoms with Crippen molar-refractivity contribution >= 4 is 5.82 Å². The highest BCUT2D eigenvalue weighted by Crippen LogP contribution is 2.11. The lowest BCUT2D eigenvalue weighted by Gasteiger charge is -2.09. The molecular weight excluding hydrogens is 186 g/mol. The van der Waals surface area contributed by atoms with E-state index in [0.29, 0.717) is 0 Å². The Kier molecular flexibility index (Phi) is 5.12. The molecule has 1 heterocycles. The molecule has 0 atom stereocenters. The summed E-state index contributed by atoms with van der Waals surface area (Å²) in [4.78, 5) is 4.51. The van der Waals surface area contributed by atoms with Crippen molar-refractivity contribution in [2.45, 2.75) is 33.7 Å². The van der Waals surface area contributed by atoms with Crippen molar-refractivity contribution in [3.05, 3.63) is 23.4 Å². The van der Waals surface area contributed by atoms with Gasteiger partial charge in [0.15, 0.2) is 0 Å². The minimum atomic E-state index is 0.917. The van der Waals surface area contributed by atoms with E-state index in [0.717, 1.165) is 37.6 Å². The molecule has 3 nitrogen and oxygen atoms in total. The number of nitrogens with zero attached hydrogens (tertiary/aromatic N) is 1. The Morgan fingerprint density at radius 3 is 2.53 bits per heavy atom. The first-order valence-electron chi connectivity index (χ1n) is 5.74. The number of aryl methyl sites for hydroxylation is 1. The highest BCUT2D eigenvalue weighted by molar-refractivity contribution is 5.39. The lowest BCUT2D eigenvalue weighted by molar-refractivity contribution is 0.724. The van der Waals surface area contributed by atoms with Crippen molar-refractivity contribution < 1.29 is 0 Å². The van der Waals surface area contributed by atoms with E-state index in [4.69, 9.17) is 0 Å². The molecule has 15 heavy (non-hydrogen) atoms. The maximum Gasteiger partial charge on any atom is 0.126 e. The summed E-state index contributed by atoms with van der Waals surface area (Å²) in [5, 5.41) is 6.59. The quantitative estimate of drug-likeness (QED) is 0.750. The fraction of sp³-hybridized carbons (Fsp3) is 0.583. The SMILES string of the molecule is CCNCc1cc(CC)nc(NCC)c1. The molecule has 1 aromatic heterocycles. The zero-order chi connectivity index (χ0) is 11.1. The molecule has 0 fully saturated rings. The van der Waals surface area contributed by atoms with Gasteiger partial charge in [-0.05, 0) is 37.6 Å². The first-order chi connectivity index (χ1) is 7.30. The maximum absolute atomic E-state index is 4.51. The van der Waals surface area contributed by atoms with Crippen molar-refractivity contribution in [3.63, 3.8) is 0 Å². The smallest absolute Gasteiger partial charge is 0.126 e. The summed E-state index contributed by atoms with van der Waals surface area (Å²) in [6.07, 6.45) is 0.984. The summed E-state index contributed by atoms with van der Waals surface area (Å²) in [5.41, 5.74) is 2.46. The maximum atomic E-state index is 4.51. The Bertz CT molecular complexity index is 297. The van der Waals surface area contributed by atoms with Crippen LogP contribution in [0.2, 0.25) is 0 Å². The minimum absolute atomic E-state index is 0.917. The van der Waals surface area contributed by atoms with E-state index in [1.807, 2.05) is 0 Å². The van der Waals surface area contributed by atoms with Crippen LogP contribution in [0.4, 0.5) is 5.82 Å². The fourth-order valence-electron chi connectivity index (χ4n) is 1.47. The van der Waals surface area contributed by atoms with Gasteiger partial charge in [0, 0.05) is 18.8 Å². The Morgan fingerprint density at radius 1 is 1.13 bits per heavy atom. The number of hydrogen-bond acceptors (Lipinski definition) is 3. The molecule has 0 saturated heterocycles. The molecule has 3 heteroatoms. The fourth-order valence-corrected chi connectivity index (χ4v) is 1.47. The zero-order valence-electron chi connectivity index (χ0n) is 9.93. The van der Waals surface area contributed by atoms with Gasteiger partial charge in [-0.25, -0.2) is 4.98 Å². The molecule has 2 N–H and O–H groups in total. The highest BCUT2D eigenvalue weighted by atomic mass is 15.0. The minimum Gasteiger partial charge on any atom is -0.370 e. The molecule has 0 spiro atoms. The van der Waals surface area contributed by atoms with Crippen LogP contribution in [0.5, 0.6) is 0 Å². The van der Waals surface area contributed by atoms with Gasteiger partial charge < -0.3 is 10.6 Å². The van der Waals surface area contributed by atoms with Crippen LogP contribution in [0.1, 0.15) is 32.0 Å². The summed E-state index contributed by atoms with van der Waals surface area (Å²) in [5.74, 6) is 0.991. The molecule has 1 rings (SSSR count). The predicted octanol–water partition coefficient (Wildman–Crippen LogP) is 2.19. The van der Waals surface area contributed by atoms with Gasteiger partial charge in [0.25, 0.3) is 0 Å². The topological polar surface area (TPSA) is 37.0 Å². The molecule has 0 unspecified atom stereocenters. The van der Waals surface area contributed by atoms with Gasteiger partial charge in [0.05, 0.1) is 0 Å². The summed E-state index contributed by atoms with van der Waals surface area (Å²) in [6.45, 7) is 9.18. The molecule has 0 aromatic carbocycles. The van der Waals surface area contributed by atoms with E-state index in [1.165, 1.54) is 5.56 Å². The second-order valence-electron chi connectivity index (χ2n) is 3.52. The van der Waals surface area contributed by atoms with Crippen LogP contribution in [0.3, 0.4) is 0 Å². The van der Waals surface area contributed by atoms with E-state index in [1.54, 1.807) is 0 Å². The third-order valence-electron chi connectivity index (χ3n) is 2.24. The van der Waals surface area contributed by atoms with Gasteiger partial charge in [-0.3, -0.25) is 0 Å². The monoisotopic (exact) mass is 207 g/mol. The third kappa shape index (κ3) is 3.88. The molecule has 0 saturated carbocycles. The summed E-state index contributed by atoms with van der Waals surface area (Å²) >= 11 is 0. The zero-order valence-corrected chi connectivity index (χ0v) is 9.93. The van der Waals surface area contributed by atoms with Crippen LogP contribution < -0.4 is 10.6 Å². The lowest BCUT2D eigenvalue weighted by Crippen LogP contribution is -2.13. The van der Waals surface area contributed by atoms with Crippen molar-refractivity contribution in [1.82, 2.24) is 10.3 Å². The van der Waals surface area contributed by atoms with Crippen LogP contribution >= 0.6 is 0 Å². The molecule has 0 amide bonds. The van der Waals surface area contributed by atoms with E-state index >= 15 is 0 Å². The Labute approximate surface area is 92.3 Å². The van der Waals surface area contributed by atoms with E-state index in [9.17, 15) is 0 Å². The van der Waals surface area contributed by atoms with Crippen LogP contribution in [0, 0.1) is 0 Å². The molecule has 0 aliphatic heterocycles. The highest BCUT2D eigenvalue weighted by Gasteiger charge is 2.00. The van der Waals surface area contributed by atoms with Crippen molar-refractivity contribution in [2.24, 2.45) is 0 Å². The van der Waals surface area contributed by atoms with Gasteiger partial charge >= 0.3 is 0 Å². The molecule has 0 aliphatic rings. The second kappa shape index (κ2) is 6.40. The molecule has 0 radical (unpaired) electrons. The molecule has 84 valence electrons. The lowest BCUT2D eigenvalue weighted by atomic mass is 10.2. The molecule has 1 aromatic rings. The van der Waals surface area contributed by atoms with Gasteiger partial charge in [-0.2, -0.15) is 0 Å². The summed E-state index contributed by atoms with van der Waals surface area (Å²) < 4.78 is 0. The number of nitrogens with one attached hydrogen (secondary N) is 2. The molecule has 0 aliphatic carbocycles. The predicted molar refractivity (Wildman–Crippen MR) is 65.2 cm³/mol. The number of anilines is 1. The first kappa shape index (κ1) is 12.0. The second-order valence-corrected chi connectivity index (χ2v) is 3.52. The van der Waals surface area contributed by atoms with E-state index in [-0.39, 0.29) is 0 Å². The third-order valence-corrected chi connectivity index (χ3v) is 2.24. The van der Waals surface area contributed by atoms with Crippen molar-refractivity contribution in [3.8, 4) is 0 Å². The van der Waals surface area contributed by atoms with Crippen LogP contribution in [0.25, 0.3) is 0 Å². The molecular formula is C12H21N3. The van der Waals surface area contributed by atoms with Gasteiger partial charge in [-0.1, -0.05) is 13.8 Å². The Balaban J connectivity index is 2.79. The number of pyridine rings is 1. The van der Waals surface area contributed by atoms with Gasteiger partial charge in [0.2, 0.25) is 0 Å². The standard InChI is InChI=1S/C12H21N3/c1-4-11-7-10(9-13-5-2)8-12(15-11)14-6-3/h7-8,13H,4-6,9H2,1-3H3,(H,14,15). The number of hydrogen-bond donors (Lipinski definition) is 2. The Hall–Kier alpha value is -1.09. The van der Waals surface area contributed by atoms with E-state index < -0.39 is 0 Å². The van der Waals surface area contributed by atoms with Crippen LogP contribution in [0.15, 0.2) is 12.1 Å². The van der Waals surface area contributed by atoms with Crippen LogP contribution in [-0.2, 0) is 13.0 Å².